The molecule has 0 aromatic carbocycles. The van der Waals surface area contributed by atoms with E-state index in [0.717, 1.165) is 45.1 Å². The van der Waals surface area contributed by atoms with E-state index in [2.05, 4.69) is 10.3 Å². The molecule has 116 valence electrons. The highest BCUT2D eigenvalue weighted by atomic mass is 16.3. The molecule has 3 rings (SSSR count). The summed E-state index contributed by atoms with van der Waals surface area (Å²) in [5.74, 6) is 0.172. The number of hydrogen-bond donors (Lipinski definition) is 1. The molecule has 6 heteroatoms. The molecule has 3 atom stereocenters. The van der Waals surface area contributed by atoms with Crippen LogP contribution in [0.25, 0.3) is 0 Å². The maximum absolute atomic E-state index is 12.7. The van der Waals surface area contributed by atoms with Crippen molar-refractivity contribution in [2.45, 2.75) is 57.1 Å². The fraction of sp³-hybridized carbons (Fsp3) is 0.800. The third kappa shape index (κ3) is 2.57. The first-order valence-corrected chi connectivity index (χ1v) is 7.89. The van der Waals surface area contributed by atoms with Gasteiger partial charge in [0, 0.05) is 25.6 Å². The molecule has 1 saturated heterocycles. The van der Waals surface area contributed by atoms with Crippen molar-refractivity contribution in [1.29, 1.82) is 0 Å². The van der Waals surface area contributed by atoms with Crippen LogP contribution in [0.4, 0.5) is 0 Å². The third-order valence-corrected chi connectivity index (χ3v) is 5.20. The Morgan fingerprint density at radius 3 is 2.86 bits per heavy atom. The summed E-state index contributed by atoms with van der Waals surface area (Å²) in [7, 11) is 1.74. The van der Waals surface area contributed by atoms with Crippen molar-refractivity contribution in [3.8, 4) is 0 Å². The molecule has 0 radical (unpaired) electrons. The van der Waals surface area contributed by atoms with Crippen molar-refractivity contribution in [1.82, 2.24) is 19.9 Å². The molecule has 1 aromatic heterocycles. The Bertz CT molecular complexity index is 525. The molecule has 1 aliphatic heterocycles. The van der Waals surface area contributed by atoms with E-state index in [-0.39, 0.29) is 17.9 Å². The van der Waals surface area contributed by atoms with Gasteiger partial charge in [0.15, 0.2) is 0 Å². The molecule has 6 nitrogen and oxygen atoms in total. The van der Waals surface area contributed by atoms with Gasteiger partial charge in [-0.1, -0.05) is 18.1 Å². The van der Waals surface area contributed by atoms with Crippen LogP contribution >= 0.6 is 0 Å². The molecular weight excluding hydrogens is 268 g/mol. The van der Waals surface area contributed by atoms with Crippen molar-refractivity contribution in [2.24, 2.45) is 13.0 Å². The number of carbonyl (C=O) groups is 1. The Morgan fingerprint density at radius 1 is 1.38 bits per heavy atom. The Balaban J connectivity index is 1.82. The zero-order chi connectivity index (χ0) is 15.0. The van der Waals surface area contributed by atoms with Crippen molar-refractivity contribution < 1.29 is 9.90 Å². The number of nitrogens with zero attached hydrogens (tertiary/aromatic N) is 4. The van der Waals surface area contributed by atoms with Gasteiger partial charge < -0.3 is 10.0 Å². The van der Waals surface area contributed by atoms with Crippen molar-refractivity contribution >= 4 is 5.91 Å². The summed E-state index contributed by atoms with van der Waals surface area (Å²) in [6.07, 6.45) is 7.58. The summed E-state index contributed by atoms with van der Waals surface area (Å²) >= 11 is 0. The van der Waals surface area contributed by atoms with Crippen molar-refractivity contribution in [3.63, 3.8) is 0 Å². The molecule has 2 aliphatic rings. The summed E-state index contributed by atoms with van der Waals surface area (Å²) in [6, 6.07) is 0.141. The quantitative estimate of drug-likeness (QED) is 0.893. The summed E-state index contributed by atoms with van der Waals surface area (Å²) in [6.45, 7) is 2.70. The predicted octanol–water partition coefficient (Wildman–Crippen LogP) is 1.36. The molecule has 1 saturated carbocycles. The lowest BCUT2D eigenvalue weighted by Crippen LogP contribution is -2.50. The number of aryl methyl sites for hydroxylation is 1. The van der Waals surface area contributed by atoms with E-state index in [1.54, 1.807) is 7.05 Å². The zero-order valence-electron chi connectivity index (χ0n) is 12.8. The number of aromatic nitrogens is 3. The van der Waals surface area contributed by atoms with E-state index in [1.807, 2.05) is 11.8 Å². The first-order valence-electron chi connectivity index (χ1n) is 7.89. The minimum Gasteiger partial charge on any atom is -0.390 e. The molecular formula is C15H24N4O2. The summed E-state index contributed by atoms with van der Waals surface area (Å²) in [5.41, 5.74) is -0.131. The van der Waals surface area contributed by atoms with Gasteiger partial charge in [0.1, 0.15) is 5.69 Å². The standard InChI is InChI=1S/C15H24N4O2/c1-15(21)8-4-3-6-11(15)12-7-5-9-19(12)14(20)13-10-16-17-18(13)2/h10-12,21H,3-9H2,1-2H3/t11-,12-,15-/m1/s1. The van der Waals surface area contributed by atoms with Gasteiger partial charge in [-0.15, -0.1) is 5.10 Å². The van der Waals surface area contributed by atoms with Gasteiger partial charge in [0.2, 0.25) is 0 Å². The Hall–Kier alpha value is -1.43. The number of carbonyl (C=O) groups excluding carboxylic acids is 1. The molecule has 0 bridgehead atoms. The van der Waals surface area contributed by atoms with Gasteiger partial charge in [0.25, 0.3) is 5.91 Å². The molecule has 2 heterocycles. The first kappa shape index (κ1) is 14.5. The van der Waals surface area contributed by atoms with Crippen LogP contribution in [0.3, 0.4) is 0 Å². The second-order valence-electron chi connectivity index (χ2n) is 6.66. The second kappa shape index (κ2) is 5.40. The monoisotopic (exact) mass is 292 g/mol. The normalized spacial score (nSPS) is 33.4. The zero-order valence-corrected chi connectivity index (χ0v) is 12.8. The van der Waals surface area contributed by atoms with Gasteiger partial charge in [-0.3, -0.25) is 4.79 Å². The fourth-order valence-electron chi connectivity index (χ4n) is 4.04. The van der Waals surface area contributed by atoms with Crippen LogP contribution in [0.1, 0.15) is 55.9 Å². The van der Waals surface area contributed by atoms with Crippen molar-refractivity contribution in [2.75, 3.05) is 6.54 Å². The van der Waals surface area contributed by atoms with E-state index in [0.29, 0.717) is 5.69 Å². The lowest BCUT2D eigenvalue weighted by Gasteiger charge is -2.43. The summed E-state index contributed by atoms with van der Waals surface area (Å²) in [4.78, 5) is 14.7. The van der Waals surface area contributed by atoms with Gasteiger partial charge in [-0.25, -0.2) is 4.68 Å². The van der Waals surface area contributed by atoms with Crippen LogP contribution in [0.5, 0.6) is 0 Å². The predicted molar refractivity (Wildman–Crippen MR) is 77.6 cm³/mol. The summed E-state index contributed by atoms with van der Waals surface area (Å²) in [5, 5.41) is 18.4. The maximum atomic E-state index is 12.7. The van der Waals surface area contributed by atoms with E-state index in [9.17, 15) is 9.90 Å². The first-order chi connectivity index (χ1) is 10.0. The van der Waals surface area contributed by atoms with E-state index in [4.69, 9.17) is 0 Å². The topological polar surface area (TPSA) is 71.2 Å². The largest absolute Gasteiger partial charge is 0.390 e. The minimum absolute atomic E-state index is 0.00799. The molecule has 2 fully saturated rings. The number of rotatable bonds is 2. The molecule has 1 aliphatic carbocycles. The third-order valence-electron chi connectivity index (χ3n) is 5.20. The average molecular weight is 292 g/mol. The number of likely N-dealkylation sites (tertiary alicyclic amines) is 1. The number of aliphatic hydroxyl groups is 1. The van der Waals surface area contributed by atoms with Gasteiger partial charge >= 0.3 is 0 Å². The van der Waals surface area contributed by atoms with Crippen LogP contribution in [0.2, 0.25) is 0 Å². The van der Waals surface area contributed by atoms with Crippen LogP contribution in [0, 0.1) is 5.92 Å². The van der Waals surface area contributed by atoms with Gasteiger partial charge in [-0.2, -0.15) is 0 Å². The molecule has 21 heavy (non-hydrogen) atoms. The van der Waals surface area contributed by atoms with Crippen molar-refractivity contribution in [3.05, 3.63) is 11.9 Å². The van der Waals surface area contributed by atoms with Crippen LogP contribution < -0.4 is 0 Å². The van der Waals surface area contributed by atoms with Gasteiger partial charge in [0.05, 0.1) is 11.8 Å². The van der Waals surface area contributed by atoms with E-state index in [1.165, 1.54) is 10.9 Å². The highest BCUT2D eigenvalue weighted by Crippen LogP contribution is 2.40. The van der Waals surface area contributed by atoms with E-state index >= 15 is 0 Å². The Labute approximate surface area is 125 Å². The number of amides is 1. The SMILES string of the molecule is Cn1nncc1C(=O)N1CCC[C@@H]1[C@H]1CCCC[C@@]1(C)O. The maximum Gasteiger partial charge on any atom is 0.274 e. The van der Waals surface area contributed by atoms with Crippen LogP contribution in [-0.4, -0.2) is 49.1 Å². The molecule has 1 aromatic rings. The summed E-state index contributed by atoms with van der Waals surface area (Å²) < 4.78 is 1.52. The Kier molecular flexibility index (Phi) is 3.73. The highest BCUT2D eigenvalue weighted by Gasteiger charge is 2.45. The molecule has 1 amide bonds. The Morgan fingerprint density at radius 2 is 2.19 bits per heavy atom. The lowest BCUT2D eigenvalue weighted by molar-refractivity contribution is -0.0578. The van der Waals surface area contributed by atoms with E-state index < -0.39 is 5.60 Å². The number of hydrogen-bond acceptors (Lipinski definition) is 4. The highest BCUT2D eigenvalue weighted by molar-refractivity contribution is 5.92. The van der Waals surface area contributed by atoms with Gasteiger partial charge in [-0.05, 0) is 32.6 Å². The van der Waals surface area contributed by atoms with Crippen LogP contribution in [-0.2, 0) is 7.05 Å². The molecule has 1 N–H and O–H groups in total. The fourth-order valence-corrected chi connectivity index (χ4v) is 4.04. The lowest BCUT2D eigenvalue weighted by atomic mass is 9.72. The second-order valence-corrected chi connectivity index (χ2v) is 6.66. The minimum atomic E-state index is -0.656. The molecule has 0 unspecified atom stereocenters. The average Bonchev–Trinajstić information content (AvgIpc) is 3.06. The molecule has 0 spiro atoms. The smallest absolute Gasteiger partial charge is 0.274 e. The van der Waals surface area contributed by atoms with Crippen LogP contribution in [0.15, 0.2) is 6.20 Å².